The van der Waals surface area contributed by atoms with Crippen molar-refractivity contribution in [3.05, 3.63) is 63.6 Å². The Morgan fingerprint density at radius 3 is 2.38 bits per heavy atom. The summed E-state index contributed by atoms with van der Waals surface area (Å²) in [6.45, 7) is 4.53. The average molecular weight is 393 g/mol. The smallest absolute Gasteiger partial charge is 0.248 e. The Kier molecular flexibility index (Phi) is 8.15. The number of nitrogens with two attached hydrogens (primary N) is 1. The summed E-state index contributed by atoms with van der Waals surface area (Å²) in [4.78, 5) is 10.8. The van der Waals surface area contributed by atoms with E-state index in [1.54, 1.807) is 30.3 Å². The van der Waals surface area contributed by atoms with Crippen molar-refractivity contribution in [2.45, 2.75) is 26.6 Å². The fourth-order valence-electron chi connectivity index (χ4n) is 1.67. The molecule has 0 spiro atoms. The van der Waals surface area contributed by atoms with Crippen LogP contribution in [-0.2, 0) is 11.3 Å². The largest absolute Gasteiger partial charge is 0.507 e. The van der Waals surface area contributed by atoms with Gasteiger partial charge in [0, 0.05) is 21.8 Å². The highest BCUT2D eigenvalue weighted by atomic mass is 79.9. The molecule has 0 aliphatic heterocycles. The number of ether oxygens (including phenoxy) is 1. The monoisotopic (exact) mass is 392 g/mol. The second kappa shape index (κ2) is 9.85. The van der Waals surface area contributed by atoms with Gasteiger partial charge in [-0.1, -0.05) is 28.1 Å². The molecule has 0 bridgehead atoms. The molecule has 24 heavy (non-hydrogen) atoms. The van der Waals surface area contributed by atoms with Gasteiger partial charge in [0.05, 0.1) is 12.7 Å². The molecule has 0 fully saturated rings. The van der Waals surface area contributed by atoms with E-state index in [1.165, 1.54) is 0 Å². The topological polar surface area (TPSA) is 96.4 Å². The summed E-state index contributed by atoms with van der Waals surface area (Å²) in [5, 5.41) is 16.0. The number of phenolic OH excluding ortho intramolecular Hbond substituents is 1. The second-order valence-corrected chi connectivity index (χ2v) is 6.18. The van der Waals surface area contributed by atoms with E-state index in [-0.39, 0.29) is 11.9 Å². The van der Waals surface area contributed by atoms with E-state index >= 15 is 0 Å². The van der Waals surface area contributed by atoms with Gasteiger partial charge in [0.25, 0.3) is 0 Å². The molecule has 6 heteroatoms. The normalized spacial score (nSPS) is 10.0. The molecule has 5 nitrogen and oxygen atoms in total. The van der Waals surface area contributed by atoms with Crippen LogP contribution in [0.5, 0.6) is 5.75 Å². The third-order valence-electron chi connectivity index (χ3n) is 2.97. The first kappa shape index (κ1) is 19.9. The van der Waals surface area contributed by atoms with Gasteiger partial charge < -0.3 is 21.0 Å². The molecule has 0 radical (unpaired) electrons. The van der Waals surface area contributed by atoms with Crippen molar-refractivity contribution in [2.24, 2.45) is 5.73 Å². The van der Waals surface area contributed by atoms with Crippen molar-refractivity contribution in [1.82, 2.24) is 0 Å². The minimum Gasteiger partial charge on any atom is -0.507 e. The number of benzene rings is 2. The highest BCUT2D eigenvalue weighted by Gasteiger charge is 2.00. The Morgan fingerprint density at radius 1 is 1.29 bits per heavy atom. The summed E-state index contributed by atoms with van der Waals surface area (Å²) in [6.07, 6.45) is 1.33. The number of carbonyl (C=O) groups excluding carboxylic acids is 1. The molecule has 0 heterocycles. The number of rotatable bonds is 5. The van der Waals surface area contributed by atoms with Crippen molar-refractivity contribution in [2.75, 3.05) is 0 Å². The maximum atomic E-state index is 10.8. The number of hydrogen-bond acceptors (Lipinski definition) is 4. The van der Waals surface area contributed by atoms with Crippen LogP contribution >= 0.6 is 15.9 Å². The van der Waals surface area contributed by atoms with Crippen LogP contribution < -0.4 is 5.73 Å². The number of hydrogen-bond donors (Lipinski definition) is 3. The lowest BCUT2D eigenvalue weighted by molar-refractivity contribution is 0.0657. The molecule has 0 atom stereocenters. The number of phenols is 1. The van der Waals surface area contributed by atoms with E-state index in [0.717, 1.165) is 16.3 Å². The summed E-state index contributed by atoms with van der Waals surface area (Å²) in [6, 6.07) is 12.1. The third kappa shape index (κ3) is 6.93. The number of amides is 1. The predicted molar refractivity (Wildman–Crippen MR) is 98.6 cm³/mol. The minimum atomic E-state index is -0.402. The van der Waals surface area contributed by atoms with Gasteiger partial charge in [-0.3, -0.25) is 4.79 Å². The van der Waals surface area contributed by atoms with Gasteiger partial charge in [-0.2, -0.15) is 0 Å². The summed E-state index contributed by atoms with van der Waals surface area (Å²) in [5.41, 5.74) is 7.22. The standard InChI is InChI=1S/C11H15NO2.C7H6BrNO/c1-8(2)14-7-9-3-5-10(6-4-9)11(12)13;8-6-2-1-5(4-9)7(10)3-6/h3-6,8H,7H2,1-2H3,(H2,12,13);1-4,9-10H. The molecule has 2 rings (SSSR count). The van der Waals surface area contributed by atoms with Crippen molar-refractivity contribution < 1.29 is 14.6 Å². The average Bonchev–Trinajstić information content (AvgIpc) is 2.54. The van der Waals surface area contributed by atoms with E-state index in [1.807, 2.05) is 26.0 Å². The number of halogens is 1. The van der Waals surface area contributed by atoms with Crippen molar-refractivity contribution in [1.29, 1.82) is 5.41 Å². The van der Waals surface area contributed by atoms with Crippen LogP contribution in [0.15, 0.2) is 46.9 Å². The fourth-order valence-corrected chi connectivity index (χ4v) is 2.02. The first-order valence-corrected chi connectivity index (χ1v) is 8.12. The highest BCUT2D eigenvalue weighted by Crippen LogP contribution is 2.20. The SMILES string of the molecule is CC(C)OCc1ccc(C(N)=O)cc1.N=Cc1ccc(Br)cc1O. The van der Waals surface area contributed by atoms with Gasteiger partial charge in [-0.15, -0.1) is 0 Å². The van der Waals surface area contributed by atoms with Crippen LogP contribution in [0.3, 0.4) is 0 Å². The van der Waals surface area contributed by atoms with Crippen LogP contribution in [0.2, 0.25) is 0 Å². The summed E-state index contributed by atoms with van der Waals surface area (Å²) in [5.74, 6) is -0.272. The van der Waals surface area contributed by atoms with E-state index in [9.17, 15) is 4.79 Å². The van der Waals surface area contributed by atoms with Gasteiger partial charge in [0.1, 0.15) is 5.75 Å². The fraction of sp³-hybridized carbons (Fsp3) is 0.222. The molecule has 0 aliphatic carbocycles. The molecule has 0 unspecified atom stereocenters. The van der Waals surface area contributed by atoms with Crippen LogP contribution in [0.1, 0.15) is 35.3 Å². The van der Waals surface area contributed by atoms with E-state index in [2.05, 4.69) is 15.9 Å². The Balaban J connectivity index is 0.000000254. The first-order valence-electron chi connectivity index (χ1n) is 7.32. The Hall–Kier alpha value is -2.18. The highest BCUT2D eigenvalue weighted by molar-refractivity contribution is 9.10. The van der Waals surface area contributed by atoms with Crippen molar-refractivity contribution in [3.63, 3.8) is 0 Å². The quantitative estimate of drug-likeness (QED) is 0.673. The van der Waals surface area contributed by atoms with Gasteiger partial charge in [0.15, 0.2) is 0 Å². The molecule has 0 saturated carbocycles. The Labute approximate surface area is 150 Å². The van der Waals surface area contributed by atoms with Crippen LogP contribution in [-0.4, -0.2) is 23.3 Å². The predicted octanol–water partition coefficient (Wildman–Crippen LogP) is 3.86. The molecule has 128 valence electrons. The van der Waals surface area contributed by atoms with Gasteiger partial charge in [-0.25, -0.2) is 0 Å². The van der Waals surface area contributed by atoms with Crippen LogP contribution in [0, 0.1) is 5.41 Å². The zero-order valence-corrected chi connectivity index (χ0v) is 15.2. The van der Waals surface area contributed by atoms with Crippen LogP contribution in [0.25, 0.3) is 0 Å². The maximum Gasteiger partial charge on any atom is 0.248 e. The lowest BCUT2D eigenvalue weighted by Gasteiger charge is -2.07. The molecule has 0 aliphatic rings. The summed E-state index contributed by atoms with van der Waals surface area (Å²) < 4.78 is 6.23. The van der Waals surface area contributed by atoms with Crippen LogP contribution in [0.4, 0.5) is 0 Å². The molecule has 4 N–H and O–H groups in total. The number of primary amides is 1. The van der Waals surface area contributed by atoms with E-state index < -0.39 is 5.91 Å². The van der Waals surface area contributed by atoms with Gasteiger partial charge in [-0.05, 0) is 49.7 Å². The summed E-state index contributed by atoms with van der Waals surface area (Å²) in [7, 11) is 0. The third-order valence-corrected chi connectivity index (χ3v) is 3.46. The lowest BCUT2D eigenvalue weighted by Crippen LogP contribution is -2.10. The summed E-state index contributed by atoms with van der Waals surface area (Å²) >= 11 is 3.19. The number of aromatic hydroxyl groups is 1. The van der Waals surface area contributed by atoms with Crippen molar-refractivity contribution in [3.8, 4) is 5.75 Å². The molecular formula is C18H21BrN2O3. The zero-order valence-electron chi connectivity index (χ0n) is 13.6. The first-order chi connectivity index (χ1) is 11.3. The molecule has 2 aromatic carbocycles. The minimum absolute atomic E-state index is 0.129. The van der Waals surface area contributed by atoms with E-state index in [4.69, 9.17) is 21.0 Å². The van der Waals surface area contributed by atoms with E-state index in [0.29, 0.717) is 17.7 Å². The zero-order chi connectivity index (χ0) is 18.1. The Morgan fingerprint density at radius 2 is 1.92 bits per heavy atom. The van der Waals surface area contributed by atoms with Gasteiger partial charge in [0.2, 0.25) is 5.91 Å². The molecule has 1 amide bonds. The number of carbonyl (C=O) groups is 1. The second-order valence-electron chi connectivity index (χ2n) is 5.27. The lowest BCUT2D eigenvalue weighted by atomic mass is 10.1. The molecular weight excluding hydrogens is 372 g/mol. The number of nitrogens with one attached hydrogen (secondary N) is 1. The van der Waals surface area contributed by atoms with Gasteiger partial charge >= 0.3 is 0 Å². The molecule has 0 saturated heterocycles. The maximum absolute atomic E-state index is 10.8. The Bertz CT molecular complexity index is 685. The van der Waals surface area contributed by atoms with Crippen molar-refractivity contribution >= 4 is 28.1 Å². The molecule has 2 aromatic rings. The molecule has 0 aromatic heterocycles.